The number of hydrogen-bond acceptors (Lipinski definition) is 5. The molecule has 0 aliphatic heterocycles. The van der Waals surface area contributed by atoms with Crippen molar-refractivity contribution in [1.29, 1.82) is 0 Å². The monoisotopic (exact) mass is 206 g/mol. The van der Waals surface area contributed by atoms with Gasteiger partial charge in [0.2, 0.25) is 0 Å². The molecule has 7 heteroatoms. The number of imidazole rings is 1. The Kier molecular flexibility index (Phi) is 2.44. The normalized spacial score (nSPS) is 12.5. The lowest BCUT2D eigenvalue weighted by Crippen LogP contribution is -2.34. The summed E-state index contributed by atoms with van der Waals surface area (Å²) in [6.07, 6.45) is 6.02. The molecule has 2 aromatic heterocycles. The summed E-state index contributed by atoms with van der Waals surface area (Å²) in [6.45, 7) is 0. The molecule has 2 heterocycles. The summed E-state index contributed by atoms with van der Waals surface area (Å²) in [4.78, 5) is 17.5. The molecule has 15 heavy (non-hydrogen) atoms. The molecule has 0 bridgehead atoms. The molecular formula is C8H8N5O2-. The van der Waals surface area contributed by atoms with Gasteiger partial charge in [0.25, 0.3) is 0 Å². The van der Waals surface area contributed by atoms with Gasteiger partial charge in [-0.15, -0.1) is 10.2 Å². The van der Waals surface area contributed by atoms with Crippen LogP contribution < -0.4 is 5.11 Å². The third-order valence-corrected chi connectivity index (χ3v) is 2.04. The number of carboxylic acid groups (broad SMARTS) is 1. The van der Waals surface area contributed by atoms with Crippen LogP contribution in [0.3, 0.4) is 0 Å². The van der Waals surface area contributed by atoms with Crippen molar-refractivity contribution < 1.29 is 9.90 Å². The zero-order chi connectivity index (χ0) is 10.7. The van der Waals surface area contributed by atoms with Gasteiger partial charge in [0.05, 0.1) is 18.3 Å². The number of H-pyrrole nitrogens is 1. The summed E-state index contributed by atoms with van der Waals surface area (Å²) >= 11 is 0. The first kappa shape index (κ1) is 9.38. The van der Waals surface area contributed by atoms with Crippen molar-refractivity contribution in [2.45, 2.75) is 12.5 Å². The highest BCUT2D eigenvalue weighted by Gasteiger charge is 2.13. The molecule has 78 valence electrons. The van der Waals surface area contributed by atoms with E-state index in [1.807, 2.05) is 0 Å². The molecule has 0 radical (unpaired) electrons. The van der Waals surface area contributed by atoms with E-state index >= 15 is 0 Å². The Morgan fingerprint density at radius 3 is 2.80 bits per heavy atom. The van der Waals surface area contributed by atoms with Crippen LogP contribution in [0.25, 0.3) is 0 Å². The number of rotatable bonds is 4. The summed E-state index contributed by atoms with van der Waals surface area (Å²) < 4.78 is 1.39. The zero-order valence-electron chi connectivity index (χ0n) is 7.70. The first-order valence-corrected chi connectivity index (χ1v) is 4.29. The molecule has 1 N–H and O–H groups in total. The van der Waals surface area contributed by atoms with Crippen LogP contribution in [-0.2, 0) is 11.2 Å². The number of aromatic nitrogens is 5. The molecule has 2 rings (SSSR count). The van der Waals surface area contributed by atoms with E-state index in [-0.39, 0.29) is 6.42 Å². The van der Waals surface area contributed by atoms with Crippen molar-refractivity contribution in [2.24, 2.45) is 0 Å². The molecule has 0 aliphatic carbocycles. The Hall–Kier alpha value is -2.18. The minimum absolute atomic E-state index is 0.264. The highest BCUT2D eigenvalue weighted by atomic mass is 16.4. The Balaban J connectivity index is 2.18. The van der Waals surface area contributed by atoms with Crippen molar-refractivity contribution in [1.82, 2.24) is 24.7 Å². The van der Waals surface area contributed by atoms with E-state index < -0.39 is 12.0 Å². The topological polar surface area (TPSA) is 99.5 Å². The maximum Gasteiger partial charge on any atom is 0.119 e. The van der Waals surface area contributed by atoms with E-state index in [4.69, 9.17) is 0 Å². The number of nitrogens with one attached hydrogen (secondary N) is 1. The van der Waals surface area contributed by atoms with Crippen molar-refractivity contribution in [2.75, 3.05) is 0 Å². The van der Waals surface area contributed by atoms with Gasteiger partial charge in [-0.1, -0.05) is 0 Å². The molecular weight excluding hydrogens is 198 g/mol. The second-order valence-electron chi connectivity index (χ2n) is 3.02. The quantitative estimate of drug-likeness (QED) is 0.658. The maximum atomic E-state index is 10.9. The molecule has 1 atom stereocenters. The average molecular weight is 206 g/mol. The van der Waals surface area contributed by atoms with E-state index in [9.17, 15) is 9.90 Å². The molecule has 0 spiro atoms. The van der Waals surface area contributed by atoms with Crippen LogP contribution in [0.4, 0.5) is 0 Å². The maximum absolute atomic E-state index is 10.9. The van der Waals surface area contributed by atoms with Gasteiger partial charge >= 0.3 is 0 Å². The number of carbonyl (C=O) groups is 1. The molecule has 0 amide bonds. The predicted molar refractivity (Wildman–Crippen MR) is 46.4 cm³/mol. The van der Waals surface area contributed by atoms with Crippen molar-refractivity contribution >= 4 is 5.97 Å². The molecule has 2 aromatic rings. The summed E-state index contributed by atoms with van der Waals surface area (Å²) in [5, 5.41) is 18.0. The molecule has 7 nitrogen and oxygen atoms in total. The third kappa shape index (κ3) is 2.01. The largest absolute Gasteiger partial charge is 0.548 e. The van der Waals surface area contributed by atoms with E-state index in [0.29, 0.717) is 0 Å². The van der Waals surface area contributed by atoms with E-state index in [2.05, 4.69) is 20.2 Å². The van der Waals surface area contributed by atoms with Gasteiger partial charge in [-0.2, -0.15) is 0 Å². The molecule has 1 unspecified atom stereocenters. The van der Waals surface area contributed by atoms with Gasteiger partial charge in [0, 0.05) is 18.3 Å². The van der Waals surface area contributed by atoms with Crippen LogP contribution in [0.15, 0.2) is 25.2 Å². The fourth-order valence-corrected chi connectivity index (χ4v) is 1.28. The molecule has 0 saturated carbocycles. The van der Waals surface area contributed by atoms with E-state index in [1.54, 1.807) is 6.20 Å². The molecule has 0 aliphatic rings. The number of aromatic amines is 1. The SMILES string of the molecule is O=C([O-])C(Cc1cnc[nH]1)n1cnnc1. The summed E-state index contributed by atoms with van der Waals surface area (Å²) in [5.41, 5.74) is 0.720. The van der Waals surface area contributed by atoms with Gasteiger partial charge in [-0.05, 0) is 0 Å². The smallest absolute Gasteiger partial charge is 0.119 e. The predicted octanol–water partition coefficient (Wildman–Crippen LogP) is -1.47. The van der Waals surface area contributed by atoms with Crippen LogP contribution in [0.1, 0.15) is 11.7 Å². The molecule has 0 fully saturated rings. The lowest BCUT2D eigenvalue weighted by molar-refractivity contribution is -0.310. The van der Waals surface area contributed by atoms with Crippen molar-refractivity contribution in [3.63, 3.8) is 0 Å². The lowest BCUT2D eigenvalue weighted by Gasteiger charge is -2.17. The fraction of sp³-hybridized carbons (Fsp3) is 0.250. The van der Waals surface area contributed by atoms with Crippen LogP contribution in [-0.4, -0.2) is 30.7 Å². The fourth-order valence-electron chi connectivity index (χ4n) is 1.28. The number of aliphatic carboxylic acids is 1. The van der Waals surface area contributed by atoms with Crippen LogP contribution in [0.2, 0.25) is 0 Å². The highest BCUT2D eigenvalue weighted by Crippen LogP contribution is 2.10. The minimum atomic E-state index is -1.18. The Morgan fingerprint density at radius 1 is 1.53 bits per heavy atom. The highest BCUT2D eigenvalue weighted by molar-refractivity contribution is 5.69. The number of hydrogen-bond donors (Lipinski definition) is 1. The van der Waals surface area contributed by atoms with E-state index in [1.165, 1.54) is 23.5 Å². The second kappa shape index (κ2) is 3.91. The average Bonchev–Trinajstić information content (AvgIpc) is 2.87. The second-order valence-corrected chi connectivity index (χ2v) is 3.02. The Labute approximate surface area is 84.8 Å². The standard InChI is InChI=1S/C8H9N5O2/c14-8(15)7(13-4-11-12-5-13)1-6-2-9-3-10-6/h2-5,7H,1H2,(H,9,10)(H,14,15)/p-1. The Bertz CT molecular complexity index is 422. The molecule has 0 aromatic carbocycles. The summed E-state index contributed by atoms with van der Waals surface area (Å²) in [6, 6.07) is -0.819. The van der Waals surface area contributed by atoms with Crippen molar-refractivity contribution in [3.05, 3.63) is 30.9 Å². The number of nitrogens with zero attached hydrogens (tertiary/aromatic N) is 4. The van der Waals surface area contributed by atoms with Crippen LogP contribution in [0, 0.1) is 0 Å². The first-order chi connectivity index (χ1) is 7.27. The van der Waals surface area contributed by atoms with Gasteiger partial charge in [0.1, 0.15) is 12.7 Å². The van der Waals surface area contributed by atoms with Crippen LogP contribution >= 0.6 is 0 Å². The van der Waals surface area contributed by atoms with Gasteiger partial charge in [-0.3, -0.25) is 0 Å². The van der Waals surface area contributed by atoms with Gasteiger partial charge in [0.15, 0.2) is 0 Å². The minimum Gasteiger partial charge on any atom is -0.548 e. The number of carbonyl (C=O) groups excluding carboxylic acids is 1. The summed E-state index contributed by atoms with van der Waals surface area (Å²) in [5.74, 6) is -1.18. The first-order valence-electron chi connectivity index (χ1n) is 4.29. The van der Waals surface area contributed by atoms with Crippen LogP contribution in [0.5, 0.6) is 0 Å². The zero-order valence-corrected chi connectivity index (χ0v) is 7.70. The summed E-state index contributed by atoms with van der Waals surface area (Å²) in [7, 11) is 0. The van der Waals surface area contributed by atoms with Crippen molar-refractivity contribution in [3.8, 4) is 0 Å². The van der Waals surface area contributed by atoms with Gasteiger partial charge in [-0.25, -0.2) is 4.98 Å². The lowest BCUT2D eigenvalue weighted by atomic mass is 10.1. The van der Waals surface area contributed by atoms with E-state index in [0.717, 1.165) is 5.69 Å². The van der Waals surface area contributed by atoms with Gasteiger partial charge < -0.3 is 19.5 Å². The third-order valence-electron chi connectivity index (χ3n) is 2.04. The Morgan fingerprint density at radius 2 is 2.27 bits per heavy atom. The number of carboxylic acids is 1. The molecule has 0 saturated heterocycles.